The average Bonchev–Trinajstić information content (AvgIpc) is 3.12. The van der Waals surface area contributed by atoms with Crippen LogP contribution in [-0.2, 0) is 11.3 Å². The molecule has 24 heavy (non-hydrogen) atoms. The third-order valence-electron chi connectivity index (χ3n) is 4.91. The SMILES string of the molecule is c1ccc(N2CCN(Cc3noc(C4CCOCC4)n3)CC2)cc1. The fourth-order valence-corrected chi connectivity index (χ4v) is 3.45. The molecule has 2 fully saturated rings. The maximum Gasteiger partial charge on any atom is 0.229 e. The number of ether oxygens (including phenoxy) is 1. The van der Waals surface area contributed by atoms with Gasteiger partial charge in [0.1, 0.15) is 0 Å². The van der Waals surface area contributed by atoms with Crippen LogP contribution in [0.2, 0.25) is 0 Å². The minimum atomic E-state index is 0.370. The number of rotatable bonds is 4. The third kappa shape index (κ3) is 3.60. The lowest BCUT2D eigenvalue weighted by molar-refractivity contribution is 0.0778. The van der Waals surface area contributed by atoms with Crippen molar-refractivity contribution in [3.05, 3.63) is 42.0 Å². The first-order valence-corrected chi connectivity index (χ1v) is 8.81. The standard InChI is InChI=1S/C18H24N4O2/c1-2-4-16(5-3-1)22-10-8-21(9-11-22)14-17-19-18(24-20-17)15-6-12-23-13-7-15/h1-5,15H,6-14H2. The van der Waals surface area contributed by atoms with Gasteiger partial charge in [0, 0.05) is 51.0 Å². The van der Waals surface area contributed by atoms with Crippen LogP contribution in [0.1, 0.15) is 30.5 Å². The smallest absolute Gasteiger partial charge is 0.229 e. The van der Waals surface area contributed by atoms with Crippen molar-refractivity contribution in [3.63, 3.8) is 0 Å². The van der Waals surface area contributed by atoms with Gasteiger partial charge in [-0.25, -0.2) is 0 Å². The molecule has 0 spiro atoms. The predicted molar refractivity (Wildman–Crippen MR) is 91.0 cm³/mol. The molecule has 0 N–H and O–H groups in total. The van der Waals surface area contributed by atoms with E-state index in [4.69, 9.17) is 9.26 Å². The van der Waals surface area contributed by atoms with Gasteiger partial charge in [-0.15, -0.1) is 0 Å². The predicted octanol–water partition coefficient (Wildman–Crippen LogP) is 2.29. The Morgan fingerprint density at radius 3 is 2.50 bits per heavy atom. The highest BCUT2D eigenvalue weighted by Crippen LogP contribution is 2.25. The van der Waals surface area contributed by atoms with Gasteiger partial charge < -0.3 is 14.2 Å². The summed E-state index contributed by atoms with van der Waals surface area (Å²) in [4.78, 5) is 9.45. The van der Waals surface area contributed by atoms with E-state index in [1.54, 1.807) is 0 Å². The van der Waals surface area contributed by atoms with Gasteiger partial charge in [-0.1, -0.05) is 23.4 Å². The van der Waals surface area contributed by atoms with E-state index in [1.807, 2.05) is 0 Å². The molecule has 0 bridgehead atoms. The number of nitrogens with zero attached hydrogens (tertiary/aromatic N) is 4. The van der Waals surface area contributed by atoms with Gasteiger partial charge in [0.25, 0.3) is 0 Å². The molecule has 0 saturated carbocycles. The summed E-state index contributed by atoms with van der Waals surface area (Å²) in [6, 6.07) is 10.6. The minimum Gasteiger partial charge on any atom is -0.381 e. The lowest BCUT2D eigenvalue weighted by atomic mass is 10.0. The molecule has 3 heterocycles. The Bertz CT molecular complexity index is 631. The molecule has 4 rings (SSSR count). The van der Waals surface area contributed by atoms with E-state index in [-0.39, 0.29) is 0 Å². The van der Waals surface area contributed by atoms with Crippen molar-refractivity contribution in [1.29, 1.82) is 0 Å². The van der Waals surface area contributed by atoms with Crippen LogP contribution >= 0.6 is 0 Å². The van der Waals surface area contributed by atoms with Gasteiger partial charge in [-0.05, 0) is 25.0 Å². The Balaban J connectivity index is 1.30. The van der Waals surface area contributed by atoms with E-state index in [0.29, 0.717) is 5.92 Å². The number of piperazine rings is 1. The summed E-state index contributed by atoms with van der Waals surface area (Å²) in [6.07, 6.45) is 1.97. The van der Waals surface area contributed by atoms with E-state index < -0.39 is 0 Å². The Hall–Kier alpha value is -1.92. The molecule has 6 nitrogen and oxygen atoms in total. The van der Waals surface area contributed by atoms with E-state index in [9.17, 15) is 0 Å². The first kappa shape index (κ1) is 15.6. The zero-order valence-corrected chi connectivity index (χ0v) is 13.9. The fraction of sp³-hybridized carbons (Fsp3) is 0.556. The number of aromatic nitrogens is 2. The second kappa shape index (κ2) is 7.32. The van der Waals surface area contributed by atoms with Crippen LogP contribution in [0.15, 0.2) is 34.9 Å². The summed E-state index contributed by atoms with van der Waals surface area (Å²) in [5.74, 6) is 1.97. The van der Waals surface area contributed by atoms with Gasteiger partial charge >= 0.3 is 0 Å². The molecule has 0 unspecified atom stereocenters. The topological polar surface area (TPSA) is 54.6 Å². The number of anilines is 1. The molecule has 128 valence electrons. The van der Waals surface area contributed by atoms with E-state index in [2.05, 4.69) is 50.3 Å². The van der Waals surface area contributed by atoms with Crippen LogP contribution in [0.5, 0.6) is 0 Å². The lowest BCUT2D eigenvalue weighted by Crippen LogP contribution is -2.46. The molecule has 6 heteroatoms. The van der Waals surface area contributed by atoms with Crippen molar-refractivity contribution in [2.24, 2.45) is 0 Å². The van der Waals surface area contributed by atoms with Crippen molar-refractivity contribution in [1.82, 2.24) is 15.0 Å². The van der Waals surface area contributed by atoms with Crippen molar-refractivity contribution in [2.45, 2.75) is 25.3 Å². The second-order valence-corrected chi connectivity index (χ2v) is 6.53. The molecule has 0 atom stereocenters. The number of hydrogen-bond acceptors (Lipinski definition) is 6. The van der Waals surface area contributed by atoms with Crippen LogP contribution in [0.3, 0.4) is 0 Å². The highest BCUT2D eigenvalue weighted by molar-refractivity contribution is 5.46. The minimum absolute atomic E-state index is 0.370. The average molecular weight is 328 g/mol. The molecular formula is C18H24N4O2. The van der Waals surface area contributed by atoms with Gasteiger partial charge in [0.15, 0.2) is 5.82 Å². The van der Waals surface area contributed by atoms with Crippen LogP contribution in [-0.4, -0.2) is 54.4 Å². The Labute approximate surface area is 142 Å². The molecule has 2 aliphatic rings. The van der Waals surface area contributed by atoms with Crippen molar-refractivity contribution < 1.29 is 9.26 Å². The van der Waals surface area contributed by atoms with Gasteiger partial charge in [-0.2, -0.15) is 4.98 Å². The van der Waals surface area contributed by atoms with Crippen LogP contribution in [0.4, 0.5) is 5.69 Å². The monoisotopic (exact) mass is 328 g/mol. The van der Waals surface area contributed by atoms with Gasteiger partial charge in [0.05, 0.1) is 6.54 Å². The number of hydrogen-bond donors (Lipinski definition) is 0. The van der Waals surface area contributed by atoms with E-state index >= 15 is 0 Å². The largest absolute Gasteiger partial charge is 0.381 e. The number of para-hydroxylation sites is 1. The molecule has 2 aromatic rings. The Morgan fingerprint density at radius 2 is 1.75 bits per heavy atom. The molecule has 0 aliphatic carbocycles. The third-order valence-corrected chi connectivity index (χ3v) is 4.91. The van der Waals surface area contributed by atoms with Gasteiger partial charge in [-0.3, -0.25) is 4.90 Å². The molecule has 0 amide bonds. The summed E-state index contributed by atoms with van der Waals surface area (Å²) in [5, 5.41) is 4.18. The molecule has 1 aromatic heterocycles. The van der Waals surface area contributed by atoms with Crippen molar-refractivity contribution >= 4 is 5.69 Å². The quantitative estimate of drug-likeness (QED) is 0.858. The van der Waals surface area contributed by atoms with Crippen LogP contribution in [0, 0.1) is 0 Å². The normalized spacial score (nSPS) is 20.4. The summed E-state index contributed by atoms with van der Waals surface area (Å²) >= 11 is 0. The zero-order chi connectivity index (χ0) is 16.2. The zero-order valence-electron chi connectivity index (χ0n) is 13.9. The van der Waals surface area contributed by atoms with Crippen LogP contribution in [0.25, 0.3) is 0 Å². The summed E-state index contributed by atoms with van der Waals surface area (Å²) < 4.78 is 10.9. The molecule has 2 aliphatic heterocycles. The first-order chi connectivity index (χ1) is 11.9. The molecule has 0 radical (unpaired) electrons. The maximum atomic E-state index is 5.48. The molecule has 1 aromatic carbocycles. The summed E-state index contributed by atoms with van der Waals surface area (Å²) in [6.45, 7) is 6.48. The Morgan fingerprint density at radius 1 is 1.00 bits per heavy atom. The highest BCUT2D eigenvalue weighted by Gasteiger charge is 2.23. The summed E-state index contributed by atoms with van der Waals surface area (Å²) in [7, 11) is 0. The van der Waals surface area contributed by atoms with Crippen LogP contribution < -0.4 is 4.90 Å². The fourth-order valence-electron chi connectivity index (χ4n) is 3.45. The Kier molecular flexibility index (Phi) is 4.76. The van der Waals surface area contributed by atoms with Crippen molar-refractivity contribution in [2.75, 3.05) is 44.3 Å². The number of benzene rings is 1. The maximum absolute atomic E-state index is 5.48. The summed E-state index contributed by atoms with van der Waals surface area (Å²) in [5.41, 5.74) is 1.30. The first-order valence-electron chi connectivity index (χ1n) is 8.81. The van der Waals surface area contributed by atoms with E-state index in [1.165, 1.54) is 5.69 Å². The second-order valence-electron chi connectivity index (χ2n) is 6.53. The molecule has 2 saturated heterocycles. The lowest BCUT2D eigenvalue weighted by Gasteiger charge is -2.35. The van der Waals surface area contributed by atoms with Crippen molar-refractivity contribution in [3.8, 4) is 0 Å². The highest BCUT2D eigenvalue weighted by atomic mass is 16.5. The van der Waals surface area contributed by atoms with E-state index in [0.717, 1.165) is 70.5 Å². The molecular weight excluding hydrogens is 304 g/mol. The van der Waals surface area contributed by atoms with Gasteiger partial charge in [0.2, 0.25) is 5.89 Å².